The Bertz CT molecular complexity index is 468. The van der Waals surface area contributed by atoms with E-state index < -0.39 is 0 Å². The fraction of sp³-hybridized carbons (Fsp3) is 0.588. The number of carbonyl (C=O) groups excluding carboxylic acids is 1. The average Bonchev–Trinajstić information content (AvgIpc) is 3.09. The van der Waals surface area contributed by atoms with Gasteiger partial charge < -0.3 is 5.32 Å². The van der Waals surface area contributed by atoms with Crippen LogP contribution in [0.2, 0.25) is 0 Å². The Balaban J connectivity index is 1.36. The lowest BCUT2D eigenvalue weighted by Crippen LogP contribution is -2.45. The maximum Gasteiger partial charge on any atom is 0.238 e. The molecule has 1 atom stereocenters. The monoisotopic (exact) mass is 319 g/mol. The van der Waals surface area contributed by atoms with Crippen molar-refractivity contribution in [2.75, 3.05) is 31.3 Å². The highest BCUT2D eigenvalue weighted by Gasteiger charge is 2.24. The molecule has 5 heteroatoms. The lowest BCUT2D eigenvalue weighted by atomic mass is 9.96. The molecule has 2 saturated heterocycles. The van der Waals surface area contributed by atoms with Gasteiger partial charge in [-0.3, -0.25) is 15.0 Å². The van der Waals surface area contributed by atoms with Gasteiger partial charge in [-0.25, -0.2) is 0 Å². The van der Waals surface area contributed by atoms with E-state index in [1.807, 2.05) is 0 Å². The summed E-state index contributed by atoms with van der Waals surface area (Å²) in [6.45, 7) is 4.14. The summed E-state index contributed by atoms with van der Waals surface area (Å²) in [5, 5.41) is 6.35. The SMILES string of the molecule is O=C(NCC1CCN(Cc2ccccc2)CC1)C1CSCN1. The van der Waals surface area contributed by atoms with E-state index in [1.54, 1.807) is 11.8 Å². The van der Waals surface area contributed by atoms with Crippen LogP contribution in [-0.4, -0.2) is 48.1 Å². The van der Waals surface area contributed by atoms with Gasteiger partial charge in [0, 0.05) is 24.7 Å². The summed E-state index contributed by atoms with van der Waals surface area (Å²) in [7, 11) is 0. The highest BCUT2D eigenvalue weighted by Crippen LogP contribution is 2.18. The molecule has 0 spiro atoms. The zero-order chi connectivity index (χ0) is 15.2. The van der Waals surface area contributed by atoms with Crippen molar-refractivity contribution in [3.63, 3.8) is 0 Å². The molecule has 2 fully saturated rings. The van der Waals surface area contributed by atoms with Gasteiger partial charge in [-0.15, -0.1) is 11.8 Å². The summed E-state index contributed by atoms with van der Waals surface area (Å²) in [4.78, 5) is 14.5. The Kier molecular flexibility index (Phi) is 5.76. The molecule has 2 aliphatic rings. The molecular formula is C17H25N3OS. The first-order chi connectivity index (χ1) is 10.8. The number of benzene rings is 1. The molecule has 1 unspecified atom stereocenters. The number of nitrogens with one attached hydrogen (secondary N) is 2. The van der Waals surface area contributed by atoms with E-state index in [1.165, 1.54) is 18.4 Å². The number of rotatable bonds is 5. The van der Waals surface area contributed by atoms with Crippen molar-refractivity contribution in [2.24, 2.45) is 5.92 Å². The minimum absolute atomic E-state index is 0.0168. The van der Waals surface area contributed by atoms with Crippen molar-refractivity contribution in [1.29, 1.82) is 0 Å². The number of hydrogen-bond donors (Lipinski definition) is 2. The molecule has 1 aromatic carbocycles. The van der Waals surface area contributed by atoms with Gasteiger partial charge in [0.2, 0.25) is 5.91 Å². The fourth-order valence-corrected chi connectivity index (χ4v) is 4.06. The van der Waals surface area contributed by atoms with Gasteiger partial charge in [0.1, 0.15) is 0 Å². The maximum absolute atomic E-state index is 12.0. The van der Waals surface area contributed by atoms with Crippen molar-refractivity contribution in [2.45, 2.75) is 25.4 Å². The summed E-state index contributed by atoms with van der Waals surface area (Å²) in [6.07, 6.45) is 2.36. The summed E-state index contributed by atoms with van der Waals surface area (Å²) in [5.41, 5.74) is 1.39. The van der Waals surface area contributed by atoms with Crippen LogP contribution in [0.3, 0.4) is 0 Å². The Hall–Kier alpha value is -1.04. The molecule has 120 valence electrons. The van der Waals surface area contributed by atoms with Crippen LogP contribution >= 0.6 is 11.8 Å². The van der Waals surface area contributed by atoms with Crippen LogP contribution in [0, 0.1) is 5.92 Å². The third-order valence-electron chi connectivity index (χ3n) is 4.55. The van der Waals surface area contributed by atoms with E-state index >= 15 is 0 Å². The number of carbonyl (C=O) groups is 1. The first-order valence-electron chi connectivity index (χ1n) is 8.16. The van der Waals surface area contributed by atoms with Gasteiger partial charge in [0.05, 0.1) is 6.04 Å². The fourth-order valence-electron chi connectivity index (χ4n) is 3.12. The number of piperidine rings is 1. The van der Waals surface area contributed by atoms with Crippen molar-refractivity contribution in [3.8, 4) is 0 Å². The van der Waals surface area contributed by atoms with Gasteiger partial charge >= 0.3 is 0 Å². The van der Waals surface area contributed by atoms with Gasteiger partial charge in [-0.2, -0.15) is 0 Å². The Morgan fingerprint density at radius 3 is 2.73 bits per heavy atom. The second-order valence-corrected chi connectivity index (χ2v) is 7.25. The first-order valence-corrected chi connectivity index (χ1v) is 9.32. The number of thioether (sulfide) groups is 1. The van der Waals surface area contributed by atoms with E-state index in [-0.39, 0.29) is 11.9 Å². The lowest BCUT2D eigenvalue weighted by Gasteiger charge is -2.32. The summed E-state index contributed by atoms with van der Waals surface area (Å²) >= 11 is 1.79. The standard InChI is InChI=1S/C17H25N3OS/c21-17(16-12-22-13-19-16)18-10-14-6-8-20(9-7-14)11-15-4-2-1-3-5-15/h1-5,14,16,19H,6-13H2,(H,18,21). The molecule has 4 nitrogen and oxygen atoms in total. The molecule has 0 aromatic heterocycles. The van der Waals surface area contributed by atoms with Crippen molar-refractivity contribution in [1.82, 2.24) is 15.5 Å². The predicted molar refractivity (Wildman–Crippen MR) is 91.7 cm³/mol. The second-order valence-electron chi connectivity index (χ2n) is 6.22. The highest BCUT2D eigenvalue weighted by atomic mass is 32.2. The molecule has 2 heterocycles. The zero-order valence-corrected chi connectivity index (χ0v) is 13.8. The van der Waals surface area contributed by atoms with Crippen LogP contribution < -0.4 is 10.6 Å². The molecular weight excluding hydrogens is 294 g/mol. The predicted octanol–water partition coefficient (Wildman–Crippen LogP) is 1.68. The smallest absolute Gasteiger partial charge is 0.238 e. The number of likely N-dealkylation sites (tertiary alicyclic amines) is 1. The molecule has 0 saturated carbocycles. The molecule has 1 amide bonds. The van der Waals surface area contributed by atoms with Crippen LogP contribution in [0.1, 0.15) is 18.4 Å². The third kappa shape index (κ3) is 4.48. The molecule has 1 aromatic rings. The molecule has 2 aliphatic heterocycles. The van der Waals surface area contributed by atoms with E-state index in [4.69, 9.17) is 0 Å². The third-order valence-corrected chi connectivity index (χ3v) is 5.49. The zero-order valence-electron chi connectivity index (χ0n) is 13.0. The van der Waals surface area contributed by atoms with Crippen LogP contribution in [-0.2, 0) is 11.3 Å². The average molecular weight is 319 g/mol. The normalized spacial score (nSPS) is 23.5. The van der Waals surface area contributed by atoms with E-state index in [0.717, 1.165) is 37.8 Å². The molecule has 2 N–H and O–H groups in total. The molecule has 0 radical (unpaired) electrons. The van der Waals surface area contributed by atoms with Crippen LogP contribution in [0.4, 0.5) is 0 Å². The van der Waals surface area contributed by atoms with Gasteiger partial charge in [0.25, 0.3) is 0 Å². The van der Waals surface area contributed by atoms with E-state index in [2.05, 4.69) is 45.9 Å². The number of nitrogens with zero attached hydrogens (tertiary/aromatic N) is 1. The molecule has 0 bridgehead atoms. The van der Waals surface area contributed by atoms with Crippen LogP contribution in [0.5, 0.6) is 0 Å². The minimum Gasteiger partial charge on any atom is -0.354 e. The van der Waals surface area contributed by atoms with Crippen molar-refractivity contribution >= 4 is 17.7 Å². The Morgan fingerprint density at radius 1 is 1.27 bits per heavy atom. The molecule has 22 heavy (non-hydrogen) atoms. The highest BCUT2D eigenvalue weighted by molar-refractivity contribution is 7.99. The summed E-state index contributed by atoms with van der Waals surface area (Å²) in [5.74, 6) is 2.61. The Labute approximate surface area is 137 Å². The van der Waals surface area contributed by atoms with Crippen LogP contribution in [0.15, 0.2) is 30.3 Å². The first kappa shape index (κ1) is 15.8. The van der Waals surface area contributed by atoms with Gasteiger partial charge in [-0.1, -0.05) is 30.3 Å². The lowest BCUT2D eigenvalue weighted by molar-refractivity contribution is -0.122. The maximum atomic E-state index is 12.0. The van der Waals surface area contributed by atoms with Gasteiger partial charge in [0.15, 0.2) is 0 Å². The van der Waals surface area contributed by atoms with Gasteiger partial charge in [-0.05, 0) is 37.4 Å². The topological polar surface area (TPSA) is 44.4 Å². The largest absolute Gasteiger partial charge is 0.354 e. The van der Waals surface area contributed by atoms with Crippen LogP contribution in [0.25, 0.3) is 0 Å². The van der Waals surface area contributed by atoms with Crippen molar-refractivity contribution < 1.29 is 4.79 Å². The van der Waals surface area contributed by atoms with E-state index in [0.29, 0.717) is 5.92 Å². The Morgan fingerprint density at radius 2 is 2.05 bits per heavy atom. The van der Waals surface area contributed by atoms with Crippen molar-refractivity contribution in [3.05, 3.63) is 35.9 Å². The quantitative estimate of drug-likeness (QED) is 0.867. The molecule has 3 rings (SSSR count). The number of amides is 1. The summed E-state index contributed by atoms with van der Waals surface area (Å²) in [6, 6.07) is 10.7. The summed E-state index contributed by atoms with van der Waals surface area (Å²) < 4.78 is 0. The van der Waals surface area contributed by atoms with E-state index in [9.17, 15) is 4.79 Å². The molecule has 0 aliphatic carbocycles. The number of hydrogen-bond acceptors (Lipinski definition) is 4. The minimum atomic E-state index is 0.0168. The second kappa shape index (κ2) is 7.99.